The molecule has 0 spiro atoms. The number of likely N-dealkylation sites (N-methyl/N-ethyl adjacent to an activating group) is 1. The first-order chi connectivity index (χ1) is 9.18. The highest BCUT2D eigenvalue weighted by molar-refractivity contribution is 5.17. The quantitative estimate of drug-likeness (QED) is 0.906. The third kappa shape index (κ3) is 4.02. The first kappa shape index (κ1) is 14.5. The minimum atomic E-state index is -0.280. The van der Waals surface area contributed by atoms with Crippen LogP contribution in [0.1, 0.15) is 44.1 Å². The van der Waals surface area contributed by atoms with Crippen LogP contribution in [0.15, 0.2) is 24.3 Å². The Kier molecular flexibility index (Phi) is 5.34. The molecule has 2 unspecified atom stereocenters. The molecule has 1 aromatic carbocycles. The molecular formula is C16H24FNO. The molecule has 1 aliphatic carbocycles. The summed E-state index contributed by atoms with van der Waals surface area (Å²) in [7, 11) is 1.99. The summed E-state index contributed by atoms with van der Waals surface area (Å²) in [5.74, 6) is -0.158. The van der Waals surface area contributed by atoms with Crippen LogP contribution in [0.2, 0.25) is 0 Å². The number of rotatable bonds is 3. The summed E-state index contributed by atoms with van der Waals surface area (Å²) in [5.41, 5.74) is 0.708. The normalized spacial score (nSPS) is 25.1. The maximum absolute atomic E-state index is 13.7. The molecule has 3 heteroatoms. The molecule has 0 saturated heterocycles. The van der Waals surface area contributed by atoms with Crippen molar-refractivity contribution < 1.29 is 9.50 Å². The van der Waals surface area contributed by atoms with Gasteiger partial charge in [0.25, 0.3) is 0 Å². The van der Waals surface area contributed by atoms with Crippen LogP contribution in [0.4, 0.5) is 4.39 Å². The van der Waals surface area contributed by atoms with Gasteiger partial charge in [0.2, 0.25) is 0 Å². The summed E-state index contributed by atoms with van der Waals surface area (Å²) in [5, 5.41) is 10.3. The molecular weight excluding hydrogens is 241 g/mol. The number of hydrogen-bond donors (Lipinski definition) is 1. The van der Waals surface area contributed by atoms with Crippen LogP contribution in [-0.4, -0.2) is 29.2 Å². The number of aliphatic hydroxyl groups excluding tert-OH is 1. The molecule has 106 valence electrons. The minimum Gasteiger partial charge on any atom is -0.391 e. The van der Waals surface area contributed by atoms with Crippen molar-refractivity contribution in [3.8, 4) is 0 Å². The van der Waals surface area contributed by atoms with Gasteiger partial charge >= 0.3 is 0 Å². The lowest BCUT2D eigenvalue weighted by molar-refractivity contribution is 0.0402. The van der Waals surface area contributed by atoms with E-state index in [2.05, 4.69) is 4.90 Å². The van der Waals surface area contributed by atoms with E-state index in [9.17, 15) is 9.50 Å². The van der Waals surface area contributed by atoms with Gasteiger partial charge in [-0.1, -0.05) is 43.9 Å². The van der Waals surface area contributed by atoms with E-state index in [4.69, 9.17) is 0 Å². The summed E-state index contributed by atoms with van der Waals surface area (Å²) in [6.45, 7) is 0.564. The average molecular weight is 265 g/mol. The van der Waals surface area contributed by atoms with Gasteiger partial charge in [-0.2, -0.15) is 0 Å². The Bertz CT molecular complexity index is 396. The van der Waals surface area contributed by atoms with E-state index in [0.29, 0.717) is 12.1 Å². The Morgan fingerprint density at radius 1 is 1.16 bits per heavy atom. The van der Waals surface area contributed by atoms with Crippen molar-refractivity contribution in [2.45, 2.75) is 57.2 Å². The second-order valence-corrected chi connectivity index (χ2v) is 5.63. The van der Waals surface area contributed by atoms with E-state index < -0.39 is 0 Å². The van der Waals surface area contributed by atoms with E-state index in [1.54, 1.807) is 6.07 Å². The average Bonchev–Trinajstić information content (AvgIpc) is 2.37. The van der Waals surface area contributed by atoms with Gasteiger partial charge in [0.1, 0.15) is 5.82 Å². The Labute approximate surface area is 115 Å². The van der Waals surface area contributed by atoms with Gasteiger partial charge in [0, 0.05) is 18.2 Å². The zero-order chi connectivity index (χ0) is 13.7. The highest BCUT2D eigenvalue weighted by Crippen LogP contribution is 2.22. The number of nitrogens with zero attached hydrogens (tertiary/aromatic N) is 1. The molecule has 0 aliphatic heterocycles. The van der Waals surface area contributed by atoms with Crippen molar-refractivity contribution in [3.05, 3.63) is 35.6 Å². The first-order valence-electron chi connectivity index (χ1n) is 7.30. The Morgan fingerprint density at radius 2 is 1.84 bits per heavy atom. The van der Waals surface area contributed by atoms with Crippen LogP contribution in [0.5, 0.6) is 0 Å². The standard InChI is InChI=1S/C16H24FNO/c1-18(12-13-8-6-7-9-14(13)17)15-10-4-2-3-5-11-16(15)19/h6-9,15-16,19H,2-5,10-12H2,1H3. The number of hydrogen-bond acceptors (Lipinski definition) is 2. The van der Waals surface area contributed by atoms with Gasteiger partial charge in [-0.25, -0.2) is 4.39 Å². The first-order valence-corrected chi connectivity index (χ1v) is 7.30. The summed E-state index contributed by atoms with van der Waals surface area (Å²) in [6, 6.07) is 7.04. The fourth-order valence-corrected chi connectivity index (χ4v) is 2.97. The molecule has 2 atom stereocenters. The molecule has 1 fully saturated rings. The van der Waals surface area contributed by atoms with E-state index >= 15 is 0 Å². The molecule has 1 saturated carbocycles. The van der Waals surface area contributed by atoms with Gasteiger partial charge in [-0.15, -0.1) is 0 Å². The monoisotopic (exact) mass is 265 g/mol. The van der Waals surface area contributed by atoms with E-state index in [1.165, 1.54) is 18.9 Å². The number of halogens is 1. The van der Waals surface area contributed by atoms with Gasteiger partial charge in [-0.05, 0) is 26.0 Å². The van der Waals surface area contributed by atoms with Gasteiger partial charge in [0.15, 0.2) is 0 Å². The molecule has 0 radical (unpaired) electrons. The maximum Gasteiger partial charge on any atom is 0.127 e. The van der Waals surface area contributed by atoms with Crippen LogP contribution >= 0.6 is 0 Å². The van der Waals surface area contributed by atoms with Crippen molar-refractivity contribution in [1.82, 2.24) is 4.90 Å². The Hall–Kier alpha value is -0.930. The van der Waals surface area contributed by atoms with E-state index in [1.807, 2.05) is 19.2 Å². The molecule has 0 bridgehead atoms. The molecule has 0 amide bonds. The molecule has 0 aromatic heterocycles. The predicted molar refractivity (Wildman–Crippen MR) is 75.4 cm³/mol. The summed E-state index contributed by atoms with van der Waals surface area (Å²) >= 11 is 0. The van der Waals surface area contributed by atoms with Gasteiger partial charge < -0.3 is 5.11 Å². The molecule has 1 aromatic rings. The minimum absolute atomic E-state index is 0.153. The molecule has 0 heterocycles. The van der Waals surface area contributed by atoms with Crippen LogP contribution in [0.3, 0.4) is 0 Å². The third-order valence-corrected chi connectivity index (χ3v) is 4.14. The highest BCUT2D eigenvalue weighted by Gasteiger charge is 2.24. The van der Waals surface area contributed by atoms with Gasteiger partial charge in [0.05, 0.1) is 6.10 Å². The van der Waals surface area contributed by atoms with E-state index in [-0.39, 0.29) is 18.0 Å². The molecule has 1 aliphatic rings. The molecule has 2 nitrogen and oxygen atoms in total. The van der Waals surface area contributed by atoms with Crippen LogP contribution in [-0.2, 0) is 6.54 Å². The predicted octanol–water partition coefficient (Wildman–Crippen LogP) is 3.34. The maximum atomic E-state index is 13.7. The van der Waals surface area contributed by atoms with Crippen molar-refractivity contribution in [2.24, 2.45) is 0 Å². The van der Waals surface area contributed by atoms with Gasteiger partial charge in [-0.3, -0.25) is 4.90 Å². The van der Waals surface area contributed by atoms with Crippen LogP contribution < -0.4 is 0 Å². The zero-order valence-corrected chi connectivity index (χ0v) is 11.7. The van der Waals surface area contributed by atoms with Crippen LogP contribution in [0, 0.1) is 5.82 Å². The Morgan fingerprint density at radius 3 is 2.58 bits per heavy atom. The number of benzene rings is 1. The highest BCUT2D eigenvalue weighted by atomic mass is 19.1. The zero-order valence-electron chi connectivity index (χ0n) is 11.7. The molecule has 2 rings (SSSR count). The second-order valence-electron chi connectivity index (χ2n) is 5.63. The number of aliphatic hydroxyl groups is 1. The van der Waals surface area contributed by atoms with Crippen LogP contribution in [0.25, 0.3) is 0 Å². The fourth-order valence-electron chi connectivity index (χ4n) is 2.97. The fraction of sp³-hybridized carbons (Fsp3) is 0.625. The smallest absolute Gasteiger partial charge is 0.127 e. The summed E-state index contributed by atoms with van der Waals surface area (Å²) in [6.07, 6.45) is 6.32. The van der Waals surface area contributed by atoms with E-state index in [0.717, 1.165) is 25.7 Å². The lowest BCUT2D eigenvalue weighted by atomic mass is 9.93. The van der Waals surface area contributed by atoms with Crippen molar-refractivity contribution in [1.29, 1.82) is 0 Å². The second kappa shape index (κ2) is 7.01. The summed E-state index contributed by atoms with van der Waals surface area (Å²) < 4.78 is 13.7. The largest absolute Gasteiger partial charge is 0.391 e. The summed E-state index contributed by atoms with van der Waals surface area (Å²) in [4.78, 5) is 2.11. The van der Waals surface area contributed by atoms with Crippen molar-refractivity contribution in [2.75, 3.05) is 7.05 Å². The van der Waals surface area contributed by atoms with Crippen molar-refractivity contribution in [3.63, 3.8) is 0 Å². The lowest BCUT2D eigenvalue weighted by Crippen LogP contribution is -2.41. The SMILES string of the molecule is CN(Cc1ccccc1F)C1CCCCCCC1O. The molecule has 19 heavy (non-hydrogen) atoms. The third-order valence-electron chi connectivity index (χ3n) is 4.14. The topological polar surface area (TPSA) is 23.5 Å². The Balaban J connectivity index is 2.00. The molecule has 1 N–H and O–H groups in total. The lowest BCUT2D eigenvalue weighted by Gasteiger charge is -2.33. The van der Waals surface area contributed by atoms with Crippen molar-refractivity contribution >= 4 is 0 Å².